The highest BCUT2D eigenvalue weighted by molar-refractivity contribution is 7.93. The lowest BCUT2D eigenvalue weighted by Crippen LogP contribution is -2.13. The molecule has 108 valence electrons. The number of aryl methyl sites for hydroxylation is 1. The van der Waals surface area contributed by atoms with Crippen LogP contribution in [0, 0.1) is 6.92 Å². The zero-order chi connectivity index (χ0) is 15.0. The number of aromatic amines is 1. The van der Waals surface area contributed by atoms with Gasteiger partial charge in [-0.1, -0.05) is 6.07 Å². The number of benzene rings is 1. The molecule has 0 saturated heterocycles. The lowest BCUT2D eigenvalue weighted by molar-refractivity contribution is 0.602. The fraction of sp³-hybridized carbons (Fsp3) is 0.0714. The van der Waals surface area contributed by atoms with Crippen LogP contribution >= 0.6 is 0 Å². The number of nitrogen functional groups attached to an aromatic ring is 1. The molecule has 0 amide bonds. The Kier molecular flexibility index (Phi) is 3.06. The Labute approximate surface area is 122 Å². The number of aromatic nitrogens is 2. The minimum absolute atomic E-state index is 0.146. The standard InChI is InChI=1S/C14H14N4O2S/c1-9-3-2-4-14(17-9)18-21(19,20)13-8-16-12-6-5-10(15)7-11(12)13/h2-8,16H,15H2,1H3,(H,17,18). The van der Waals surface area contributed by atoms with Crippen molar-refractivity contribution >= 4 is 32.4 Å². The highest BCUT2D eigenvalue weighted by Crippen LogP contribution is 2.26. The van der Waals surface area contributed by atoms with Crippen LogP contribution in [-0.4, -0.2) is 18.4 Å². The van der Waals surface area contributed by atoms with Crippen LogP contribution < -0.4 is 10.5 Å². The van der Waals surface area contributed by atoms with Crippen LogP contribution in [0.5, 0.6) is 0 Å². The molecule has 0 bridgehead atoms. The molecule has 4 N–H and O–H groups in total. The maximum Gasteiger partial charge on any atom is 0.265 e. The lowest BCUT2D eigenvalue weighted by Gasteiger charge is -2.07. The number of H-pyrrole nitrogens is 1. The number of anilines is 2. The fourth-order valence-electron chi connectivity index (χ4n) is 2.13. The Hall–Kier alpha value is -2.54. The summed E-state index contributed by atoms with van der Waals surface area (Å²) in [7, 11) is -3.73. The van der Waals surface area contributed by atoms with Crippen LogP contribution in [0.25, 0.3) is 10.9 Å². The molecule has 2 aromatic heterocycles. The third-order valence-electron chi connectivity index (χ3n) is 3.08. The molecule has 21 heavy (non-hydrogen) atoms. The van der Waals surface area contributed by atoms with Crippen LogP contribution in [-0.2, 0) is 10.0 Å². The first kappa shape index (κ1) is 13.4. The van der Waals surface area contributed by atoms with Crippen molar-refractivity contribution in [2.24, 2.45) is 0 Å². The second kappa shape index (κ2) is 4.78. The Morgan fingerprint density at radius 1 is 1.24 bits per heavy atom. The summed E-state index contributed by atoms with van der Waals surface area (Å²) in [6, 6.07) is 10.2. The van der Waals surface area contributed by atoms with Gasteiger partial charge in [0.2, 0.25) is 0 Å². The Morgan fingerprint density at radius 3 is 2.81 bits per heavy atom. The molecule has 0 aliphatic heterocycles. The normalized spacial score (nSPS) is 11.7. The second-order valence-electron chi connectivity index (χ2n) is 4.73. The van der Waals surface area contributed by atoms with Crippen LogP contribution in [0.3, 0.4) is 0 Å². The molecule has 0 aliphatic rings. The number of nitrogens with zero attached hydrogens (tertiary/aromatic N) is 1. The van der Waals surface area contributed by atoms with Gasteiger partial charge in [0, 0.05) is 28.5 Å². The van der Waals surface area contributed by atoms with Crippen molar-refractivity contribution in [2.45, 2.75) is 11.8 Å². The van der Waals surface area contributed by atoms with Gasteiger partial charge in [0.1, 0.15) is 10.7 Å². The molecule has 2 heterocycles. The van der Waals surface area contributed by atoms with E-state index in [0.717, 1.165) is 5.69 Å². The molecule has 3 aromatic rings. The zero-order valence-electron chi connectivity index (χ0n) is 11.3. The molecule has 6 nitrogen and oxygen atoms in total. The summed E-state index contributed by atoms with van der Waals surface area (Å²) in [5.41, 5.74) is 7.68. The molecule has 1 aromatic carbocycles. The van der Waals surface area contributed by atoms with Crippen molar-refractivity contribution in [2.75, 3.05) is 10.5 Å². The molecule has 0 radical (unpaired) electrons. The summed E-state index contributed by atoms with van der Waals surface area (Å²) in [4.78, 5) is 7.21. The molecule has 0 aliphatic carbocycles. The van der Waals surface area contributed by atoms with Gasteiger partial charge < -0.3 is 10.7 Å². The highest BCUT2D eigenvalue weighted by atomic mass is 32.2. The number of hydrogen-bond acceptors (Lipinski definition) is 4. The topological polar surface area (TPSA) is 101 Å². The minimum atomic E-state index is -3.73. The van der Waals surface area contributed by atoms with Crippen molar-refractivity contribution in [1.82, 2.24) is 9.97 Å². The summed E-state index contributed by atoms with van der Waals surface area (Å²) < 4.78 is 27.4. The fourth-order valence-corrected chi connectivity index (χ4v) is 3.30. The van der Waals surface area contributed by atoms with Crippen molar-refractivity contribution in [3.8, 4) is 0 Å². The molecular weight excluding hydrogens is 288 g/mol. The number of pyridine rings is 1. The Bertz CT molecular complexity index is 916. The predicted octanol–water partition coefficient (Wildman–Crippen LogP) is 2.25. The van der Waals surface area contributed by atoms with E-state index in [4.69, 9.17) is 5.73 Å². The van der Waals surface area contributed by atoms with Gasteiger partial charge in [0.15, 0.2) is 0 Å². The third-order valence-corrected chi connectivity index (χ3v) is 4.48. The van der Waals surface area contributed by atoms with Gasteiger partial charge in [-0.2, -0.15) is 0 Å². The van der Waals surface area contributed by atoms with E-state index in [0.29, 0.717) is 16.6 Å². The van der Waals surface area contributed by atoms with Crippen molar-refractivity contribution < 1.29 is 8.42 Å². The van der Waals surface area contributed by atoms with Crippen LogP contribution in [0.4, 0.5) is 11.5 Å². The molecule has 0 unspecified atom stereocenters. The summed E-state index contributed by atoms with van der Waals surface area (Å²) >= 11 is 0. The molecule has 0 saturated carbocycles. The summed E-state index contributed by atoms with van der Waals surface area (Å²) in [6.45, 7) is 1.80. The van der Waals surface area contributed by atoms with Gasteiger partial charge in [0.25, 0.3) is 10.0 Å². The number of sulfonamides is 1. The number of hydrogen-bond donors (Lipinski definition) is 3. The van der Waals surface area contributed by atoms with Gasteiger partial charge in [0.05, 0.1) is 0 Å². The average Bonchev–Trinajstić information content (AvgIpc) is 2.81. The Morgan fingerprint density at radius 2 is 2.05 bits per heavy atom. The second-order valence-corrected chi connectivity index (χ2v) is 6.38. The molecule has 0 spiro atoms. The number of nitrogens with one attached hydrogen (secondary N) is 2. The molecule has 0 fully saturated rings. The van der Waals surface area contributed by atoms with Crippen molar-refractivity contribution in [3.05, 3.63) is 48.3 Å². The van der Waals surface area contributed by atoms with E-state index in [9.17, 15) is 8.42 Å². The molecule has 3 rings (SSSR count). The number of fused-ring (bicyclic) bond motifs is 1. The van der Waals surface area contributed by atoms with E-state index in [-0.39, 0.29) is 10.7 Å². The Balaban J connectivity index is 2.06. The summed E-state index contributed by atoms with van der Waals surface area (Å²) in [6.07, 6.45) is 1.45. The summed E-state index contributed by atoms with van der Waals surface area (Å²) in [5.74, 6) is 0.285. The van der Waals surface area contributed by atoms with E-state index >= 15 is 0 Å². The molecule has 0 atom stereocenters. The first-order valence-electron chi connectivity index (χ1n) is 6.29. The zero-order valence-corrected chi connectivity index (χ0v) is 12.1. The highest BCUT2D eigenvalue weighted by Gasteiger charge is 2.19. The maximum atomic E-state index is 12.5. The van der Waals surface area contributed by atoms with E-state index in [1.807, 2.05) is 0 Å². The molecular formula is C14H14N4O2S. The predicted molar refractivity (Wildman–Crippen MR) is 82.5 cm³/mol. The van der Waals surface area contributed by atoms with Gasteiger partial charge in [-0.05, 0) is 37.3 Å². The minimum Gasteiger partial charge on any atom is -0.399 e. The van der Waals surface area contributed by atoms with Gasteiger partial charge in [-0.3, -0.25) is 4.72 Å². The van der Waals surface area contributed by atoms with E-state index < -0.39 is 10.0 Å². The first-order valence-corrected chi connectivity index (χ1v) is 7.77. The largest absolute Gasteiger partial charge is 0.399 e. The third kappa shape index (κ3) is 2.55. The monoisotopic (exact) mass is 302 g/mol. The van der Waals surface area contributed by atoms with Crippen molar-refractivity contribution in [3.63, 3.8) is 0 Å². The molecule has 7 heteroatoms. The maximum absolute atomic E-state index is 12.5. The lowest BCUT2D eigenvalue weighted by atomic mass is 10.2. The summed E-state index contributed by atoms with van der Waals surface area (Å²) in [5, 5.41) is 0.551. The quantitative estimate of drug-likeness (QED) is 0.646. The first-order chi connectivity index (χ1) is 9.95. The van der Waals surface area contributed by atoms with Gasteiger partial charge >= 0.3 is 0 Å². The van der Waals surface area contributed by atoms with Crippen LogP contribution in [0.1, 0.15) is 5.69 Å². The average molecular weight is 302 g/mol. The van der Waals surface area contributed by atoms with Crippen LogP contribution in [0.2, 0.25) is 0 Å². The van der Waals surface area contributed by atoms with Gasteiger partial charge in [-0.15, -0.1) is 0 Å². The van der Waals surface area contributed by atoms with Crippen LogP contribution in [0.15, 0.2) is 47.5 Å². The van der Waals surface area contributed by atoms with E-state index in [1.165, 1.54) is 6.20 Å². The van der Waals surface area contributed by atoms with Crippen molar-refractivity contribution in [1.29, 1.82) is 0 Å². The van der Waals surface area contributed by atoms with E-state index in [2.05, 4.69) is 14.7 Å². The van der Waals surface area contributed by atoms with E-state index in [1.54, 1.807) is 43.3 Å². The number of rotatable bonds is 3. The SMILES string of the molecule is Cc1cccc(NS(=O)(=O)c2c[nH]c3ccc(N)cc23)n1. The number of nitrogens with two attached hydrogens (primary N) is 1. The smallest absolute Gasteiger partial charge is 0.265 e. The van der Waals surface area contributed by atoms with Gasteiger partial charge in [-0.25, -0.2) is 13.4 Å².